The molecule has 8 heteroatoms. The number of H-pyrrole nitrogens is 1. The first kappa shape index (κ1) is 18.8. The molecule has 6 nitrogen and oxygen atoms in total. The number of benzene rings is 1. The number of hydrogen-bond acceptors (Lipinski definition) is 3. The summed E-state index contributed by atoms with van der Waals surface area (Å²) in [6.45, 7) is 1.15. The summed E-state index contributed by atoms with van der Waals surface area (Å²) >= 11 is 0. The van der Waals surface area contributed by atoms with Crippen LogP contribution in [0.15, 0.2) is 48.8 Å². The summed E-state index contributed by atoms with van der Waals surface area (Å²) in [5, 5.41) is 2.61. The number of nitrogens with zero attached hydrogens (tertiary/aromatic N) is 2. The van der Waals surface area contributed by atoms with Gasteiger partial charge in [0.1, 0.15) is 17.3 Å². The number of pyridine rings is 1. The van der Waals surface area contributed by atoms with Gasteiger partial charge in [0.15, 0.2) is 0 Å². The molecule has 0 saturated carbocycles. The van der Waals surface area contributed by atoms with Crippen molar-refractivity contribution in [2.24, 2.45) is 0 Å². The molecule has 29 heavy (non-hydrogen) atoms. The highest BCUT2D eigenvalue weighted by Crippen LogP contribution is 2.20. The number of aromatic amines is 1. The Morgan fingerprint density at radius 2 is 2.07 bits per heavy atom. The zero-order valence-corrected chi connectivity index (χ0v) is 15.4. The van der Waals surface area contributed by atoms with Gasteiger partial charge in [-0.05, 0) is 41.5 Å². The summed E-state index contributed by atoms with van der Waals surface area (Å²) in [5.74, 6) is -2.36. The van der Waals surface area contributed by atoms with Crippen LogP contribution in [0.4, 0.5) is 8.78 Å². The van der Waals surface area contributed by atoms with Gasteiger partial charge in [-0.2, -0.15) is 0 Å². The molecule has 1 aliphatic rings. The number of aromatic nitrogens is 2. The van der Waals surface area contributed by atoms with Crippen LogP contribution in [0.2, 0.25) is 0 Å². The minimum atomic E-state index is -0.912. The van der Waals surface area contributed by atoms with Crippen molar-refractivity contribution >= 4 is 11.8 Å². The number of halogens is 2. The van der Waals surface area contributed by atoms with Crippen LogP contribution in [0.25, 0.3) is 0 Å². The second-order valence-electron chi connectivity index (χ2n) is 6.82. The lowest BCUT2D eigenvalue weighted by atomic mass is 10.0. The van der Waals surface area contributed by atoms with Crippen LogP contribution in [0.1, 0.15) is 37.7 Å². The zero-order valence-electron chi connectivity index (χ0n) is 15.4. The van der Waals surface area contributed by atoms with Gasteiger partial charge in [-0.15, -0.1) is 0 Å². The zero-order chi connectivity index (χ0) is 20.4. The van der Waals surface area contributed by atoms with Crippen molar-refractivity contribution in [1.82, 2.24) is 20.2 Å². The summed E-state index contributed by atoms with van der Waals surface area (Å²) in [6, 6.07) is 8.21. The van der Waals surface area contributed by atoms with Gasteiger partial charge in [-0.25, -0.2) is 8.78 Å². The molecule has 0 aliphatic carbocycles. The highest BCUT2D eigenvalue weighted by molar-refractivity contribution is 5.94. The number of carbonyl (C=O) groups excluding carboxylic acids is 2. The summed E-state index contributed by atoms with van der Waals surface area (Å²) in [5.41, 5.74) is 2.87. The number of amides is 2. The molecular weight excluding hydrogens is 378 g/mol. The number of rotatable bonds is 4. The molecule has 2 N–H and O–H groups in total. The van der Waals surface area contributed by atoms with Crippen molar-refractivity contribution in [2.45, 2.75) is 19.5 Å². The van der Waals surface area contributed by atoms with Gasteiger partial charge in [0.2, 0.25) is 0 Å². The Morgan fingerprint density at radius 3 is 2.83 bits per heavy atom. The maximum absolute atomic E-state index is 13.7. The molecule has 148 valence electrons. The molecule has 0 fully saturated rings. The molecule has 1 aliphatic heterocycles. The van der Waals surface area contributed by atoms with Crippen LogP contribution in [0, 0.1) is 11.6 Å². The summed E-state index contributed by atoms with van der Waals surface area (Å²) in [6.07, 6.45) is 4.01. The third-order valence-electron chi connectivity index (χ3n) is 4.84. The van der Waals surface area contributed by atoms with Crippen molar-refractivity contribution in [1.29, 1.82) is 0 Å². The van der Waals surface area contributed by atoms with Crippen molar-refractivity contribution in [3.63, 3.8) is 0 Å². The Labute approximate surface area is 165 Å². The predicted molar refractivity (Wildman–Crippen MR) is 101 cm³/mol. The van der Waals surface area contributed by atoms with E-state index in [9.17, 15) is 18.4 Å². The van der Waals surface area contributed by atoms with Crippen molar-refractivity contribution in [2.75, 3.05) is 6.54 Å². The van der Waals surface area contributed by atoms with E-state index in [0.29, 0.717) is 31.3 Å². The molecule has 0 saturated heterocycles. The maximum Gasteiger partial charge on any atom is 0.270 e. The monoisotopic (exact) mass is 396 g/mol. The molecule has 3 heterocycles. The first-order chi connectivity index (χ1) is 14.0. The Morgan fingerprint density at radius 1 is 1.21 bits per heavy atom. The Balaban J connectivity index is 1.44. The molecule has 0 bridgehead atoms. The molecule has 0 atom stereocenters. The molecule has 1 aromatic carbocycles. The predicted octanol–water partition coefficient (Wildman–Crippen LogP) is 2.82. The van der Waals surface area contributed by atoms with Crippen LogP contribution in [-0.2, 0) is 19.5 Å². The minimum absolute atomic E-state index is 0.0776. The van der Waals surface area contributed by atoms with E-state index in [1.165, 1.54) is 0 Å². The van der Waals surface area contributed by atoms with Gasteiger partial charge in [-0.1, -0.05) is 0 Å². The standard InChI is InChI=1S/C21H18F2N4O2/c22-15-3-4-16(17(23)9-15)20(28)26-11-13-8-14-12-27(7-5-18(14)25-10-13)21(29)19-2-1-6-24-19/h1-4,6,8-10,24H,5,7,11-12H2,(H,26,28). The smallest absolute Gasteiger partial charge is 0.270 e. The lowest BCUT2D eigenvalue weighted by Gasteiger charge is -2.28. The lowest BCUT2D eigenvalue weighted by Crippen LogP contribution is -2.36. The average molecular weight is 396 g/mol. The van der Waals surface area contributed by atoms with Gasteiger partial charge in [0.25, 0.3) is 11.8 Å². The van der Waals surface area contributed by atoms with E-state index in [2.05, 4.69) is 15.3 Å². The van der Waals surface area contributed by atoms with E-state index in [1.807, 2.05) is 6.07 Å². The van der Waals surface area contributed by atoms with Gasteiger partial charge in [0.05, 0.1) is 5.56 Å². The molecular formula is C21H18F2N4O2. The first-order valence-corrected chi connectivity index (χ1v) is 9.14. The van der Waals surface area contributed by atoms with Gasteiger partial charge < -0.3 is 15.2 Å². The van der Waals surface area contributed by atoms with Crippen LogP contribution >= 0.6 is 0 Å². The Hall–Kier alpha value is -3.55. The normalized spacial score (nSPS) is 13.1. The average Bonchev–Trinajstić information content (AvgIpc) is 3.25. The fourth-order valence-electron chi connectivity index (χ4n) is 3.33. The van der Waals surface area contributed by atoms with E-state index in [0.717, 1.165) is 29.0 Å². The van der Waals surface area contributed by atoms with Crippen LogP contribution in [0.5, 0.6) is 0 Å². The molecule has 0 unspecified atom stereocenters. The van der Waals surface area contributed by atoms with E-state index in [-0.39, 0.29) is 18.0 Å². The van der Waals surface area contributed by atoms with Gasteiger partial charge in [0, 0.05) is 50.2 Å². The van der Waals surface area contributed by atoms with Crippen molar-refractivity contribution < 1.29 is 18.4 Å². The highest BCUT2D eigenvalue weighted by atomic mass is 19.1. The molecule has 0 radical (unpaired) electrons. The second kappa shape index (κ2) is 7.83. The number of hydrogen-bond donors (Lipinski definition) is 2. The van der Waals surface area contributed by atoms with E-state index in [4.69, 9.17) is 0 Å². The largest absolute Gasteiger partial charge is 0.357 e. The fraction of sp³-hybridized carbons (Fsp3) is 0.190. The van der Waals surface area contributed by atoms with E-state index < -0.39 is 17.5 Å². The minimum Gasteiger partial charge on any atom is -0.357 e. The fourth-order valence-corrected chi connectivity index (χ4v) is 3.33. The van der Waals surface area contributed by atoms with Crippen LogP contribution < -0.4 is 5.32 Å². The lowest BCUT2D eigenvalue weighted by molar-refractivity contribution is 0.0728. The SMILES string of the molecule is O=C(NCc1cnc2c(c1)CN(C(=O)c1ccc[nH]1)CC2)c1ccc(F)cc1F. The van der Waals surface area contributed by atoms with Crippen molar-refractivity contribution in [3.05, 3.63) is 88.5 Å². The third-order valence-corrected chi connectivity index (χ3v) is 4.84. The Kier molecular flexibility index (Phi) is 5.07. The summed E-state index contributed by atoms with van der Waals surface area (Å²) in [4.78, 5) is 33.8. The van der Waals surface area contributed by atoms with Crippen molar-refractivity contribution in [3.8, 4) is 0 Å². The first-order valence-electron chi connectivity index (χ1n) is 9.14. The number of carbonyl (C=O) groups is 2. The molecule has 2 amide bonds. The topological polar surface area (TPSA) is 78.1 Å². The third kappa shape index (κ3) is 4.01. The molecule has 4 rings (SSSR count). The van der Waals surface area contributed by atoms with Gasteiger partial charge >= 0.3 is 0 Å². The molecule has 3 aromatic rings. The number of nitrogens with one attached hydrogen (secondary N) is 2. The van der Waals surface area contributed by atoms with E-state index >= 15 is 0 Å². The van der Waals surface area contributed by atoms with Crippen LogP contribution in [-0.4, -0.2) is 33.2 Å². The number of fused-ring (bicyclic) bond motifs is 1. The maximum atomic E-state index is 13.7. The highest BCUT2D eigenvalue weighted by Gasteiger charge is 2.23. The molecule has 2 aromatic heterocycles. The molecule has 0 spiro atoms. The van der Waals surface area contributed by atoms with Gasteiger partial charge in [-0.3, -0.25) is 14.6 Å². The van der Waals surface area contributed by atoms with E-state index in [1.54, 1.807) is 29.4 Å². The van der Waals surface area contributed by atoms with Crippen LogP contribution in [0.3, 0.4) is 0 Å². The summed E-state index contributed by atoms with van der Waals surface area (Å²) < 4.78 is 26.7. The second-order valence-corrected chi connectivity index (χ2v) is 6.82. The quantitative estimate of drug-likeness (QED) is 0.712. The summed E-state index contributed by atoms with van der Waals surface area (Å²) in [7, 11) is 0. The Bertz CT molecular complexity index is 1070.